The summed E-state index contributed by atoms with van der Waals surface area (Å²) in [5.74, 6) is 3.29. The van der Waals surface area contributed by atoms with Gasteiger partial charge in [0.25, 0.3) is 0 Å². The average Bonchev–Trinajstić information content (AvgIpc) is 2.76. The van der Waals surface area contributed by atoms with Crippen LogP contribution in [-0.4, -0.2) is 14.2 Å². The number of ether oxygens (including phenoxy) is 2. The van der Waals surface area contributed by atoms with E-state index in [0.29, 0.717) is 0 Å². The Bertz CT molecular complexity index is 575. The SMILES string of the molecule is COc1ccc(C(Br)c2cc(C)oc2C)cc1OC. The quantitative estimate of drug-likeness (QED) is 0.781. The van der Waals surface area contributed by atoms with Crippen molar-refractivity contribution in [1.29, 1.82) is 0 Å². The summed E-state index contributed by atoms with van der Waals surface area (Å²) in [6, 6.07) is 7.94. The van der Waals surface area contributed by atoms with Gasteiger partial charge in [0.1, 0.15) is 11.5 Å². The number of alkyl halides is 1. The maximum atomic E-state index is 5.57. The first-order valence-electron chi connectivity index (χ1n) is 5.99. The summed E-state index contributed by atoms with van der Waals surface area (Å²) in [5, 5.41) is 0. The second-order valence-corrected chi connectivity index (χ2v) is 5.26. The van der Waals surface area contributed by atoms with Crippen LogP contribution in [0.1, 0.15) is 27.5 Å². The zero-order valence-corrected chi connectivity index (χ0v) is 13.1. The van der Waals surface area contributed by atoms with Gasteiger partial charge in [-0.2, -0.15) is 0 Å². The van der Waals surface area contributed by atoms with Crippen LogP contribution in [0.3, 0.4) is 0 Å². The van der Waals surface area contributed by atoms with Crippen LogP contribution in [0.5, 0.6) is 11.5 Å². The number of hydrogen-bond acceptors (Lipinski definition) is 3. The highest BCUT2D eigenvalue weighted by molar-refractivity contribution is 9.09. The molecule has 0 aliphatic carbocycles. The molecular weight excluding hydrogens is 308 g/mol. The molecule has 0 fully saturated rings. The fourth-order valence-corrected chi connectivity index (χ4v) is 2.83. The average molecular weight is 325 g/mol. The molecule has 0 spiro atoms. The van der Waals surface area contributed by atoms with Crippen molar-refractivity contribution in [3.8, 4) is 11.5 Å². The Morgan fingerprint density at radius 1 is 1.05 bits per heavy atom. The van der Waals surface area contributed by atoms with E-state index in [4.69, 9.17) is 13.9 Å². The van der Waals surface area contributed by atoms with Crippen LogP contribution in [-0.2, 0) is 0 Å². The Labute approximate surface area is 121 Å². The Kier molecular flexibility index (Phi) is 4.20. The lowest BCUT2D eigenvalue weighted by Crippen LogP contribution is -1.96. The minimum Gasteiger partial charge on any atom is -0.493 e. The fraction of sp³-hybridized carbons (Fsp3) is 0.333. The largest absolute Gasteiger partial charge is 0.493 e. The minimum absolute atomic E-state index is 0.0738. The van der Waals surface area contributed by atoms with Crippen molar-refractivity contribution in [3.63, 3.8) is 0 Å². The summed E-state index contributed by atoms with van der Waals surface area (Å²) >= 11 is 3.71. The molecule has 0 radical (unpaired) electrons. The maximum absolute atomic E-state index is 5.57. The van der Waals surface area contributed by atoms with Crippen molar-refractivity contribution in [1.82, 2.24) is 0 Å². The third-order valence-corrected chi connectivity index (χ3v) is 4.07. The molecule has 19 heavy (non-hydrogen) atoms. The van der Waals surface area contributed by atoms with Gasteiger partial charge in [-0.25, -0.2) is 0 Å². The highest BCUT2D eigenvalue weighted by atomic mass is 79.9. The predicted octanol–water partition coefficient (Wildman–Crippen LogP) is 4.40. The number of methoxy groups -OCH3 is 2. The van der Waals surface area contributed by atoms with Crippen LogP contribution >= 0.6 is 15.9 Å². The Hall–Kier alpha value is -1.42. The van der Waals surface area contributed by atoms with Gasteiger partial charge in [0.05, 0.1) is 19.0 Å². The highest BCUT2D eigenvalue weighted by Crippen LogP contribution is 2.38. The molecule has 3 nitrogen and oxygen atoms in total. The molecule has 0 N–H and O–H groups in total. The fourth-order valence-electron chi connectivity index (χ4n) is 2.09. The lowest BCUT2D eigenvalue weighted by atomic mass is 10.0. The van der Waals surface area contributed by atoms with Gasteiger partial charge in [0.2, 0.25) is 0 Å². The van der Waals surface area contributed by atoms with Gasteiger partial charge in [0.15, 0.2) is 11.5 Å². The van der Waals surface area contributed by atoms with Crippen molar-refractivity contribution in [2.24, 2.45) is 0 Å². The number of furan rings is 1. The van der Waals surface area contributed by atoms with Gasteiger partial charge in [0, 0.05) is 5.56 Å². The van der Waals surface area contributed by atoms with Crippen LogP contribution in [0.4, 0.5) is 0 Å². The Morgan fingerprint density at radius 2 is 1.74 bits per heavy atom. The van der Waals surface area contributed by atoms with Crippen molar-refractivity contribution >= 4 is 15.9 Å². The minimum atomic E-state index is 0.0738. The van der Waals surface area contributed by atoms with Crippen LogP contribution < -0.4 is 9.47 Å². The molecule has 1 heterocycles. The van der Waals surface area contributed by atoms with E-state index in [-0.39, 0.29) is 4.83 Å². The number of hydrogen-bond donors (Lipinski definition) is 0. The molecule has 1 aromatic carbocycles. The van der Waals surface area contributed by atoms with Crippen molar-refractivity contribution in [2.45, 2.75) is 18.7 Å². The summed E-state index contributed by atoms with van der Waals surface area (Å²) in [5.41, 5.74) is 2.23. The summed E-state index contributed by atoms with van der Waals surface area (Å²) < 4.78 is 16.1. The van der Waals surface area contributed by atoms with E-state index in [1.807, 2.05) is 38.1 Å². The maximum Gasteiger partial charge on any atom is 0.161 e. The van der Waals surface area contributed by atoms with E-state index in [1.54, 1.807) is 14.2 Å². The smallest absolute Gasteiger partial charge is 0.161 e. The first kappa shape index (κ1) is 14.0. The molecule has 1 aromatic heterocycles. The van der Waals surface area contributed by atoms with Crippen molar-refractivity contribution in [2.75, 3.05) is 14.2 Å². The van der Waals surface area contributed by atoms with Gasteiger partial charge in [-0.15, -0.1) is 0 Å². The highest BCUT2D eigenvalue weighted by Gasteiger charge is 2.18. The van der Waals surface area contributed by atoms with Crippen LogP contribution in [0.2, 0.25) is 0 Å². The standard InChI is InChI=1S/C15H17BrO3/c1-9-7-12(10(2)19-9)15(16)11-5-6-13(17-3)14(8-11)18-4/h5-8,15H,1-4H3. The van der Waals surface area contributed by atoms with Crippen molar-refractivity contribution < 1.29 is 13.9 Å². The number of rotatable bonds is 4. The molecule has 0 aliphatic rings. The topological polar surface area (TPSA) is 31.6 Å². The molecule has 0 aliphatic heterocycles. The summed E-state index contributed by atoms with van der Waals surface area (Å²) in [7, 11) is 3.27. The first-order chi connectivity index (χ1) is 9.06. The predicted molar refractivity (Wildman–Crippen MR) is 78.5 cm³/mol. The van der Waals surface area contributed by atoms with E-state index in [9.17, 15) is 0 Å². The van der Waals surface area contributed by atoms with E-state index in [2.05, 4.69) is 15.9 Å². The molecular formula is C15H17BrO3. The molecule has 4 heteroatoms. The van der Waals surface area contributed by atoms with Gasteiger partial charge in [-0.05, 0) is 37.6 Å². The second-order valence-electron chi connectivity index (χ2n) is 4.35. The van der Waals surface area contributed by atoms with Gasteiger partial charge in [-0.1, -0.05) is 22.0 Å². The summed E-state index contributed by atoms with van der Waals surface area (Å²) in [6.07, 6.45) is 0. The summed E-state index contributed by atoms with van der Waals surface area (Å²) in [4.78, 5) is 0.0738. The van der Waals surface area contributed by atoms with E-state index in [0.717, 1.165) is 34.1 Å². The molecule has 0 saturated carbocycles. The zero-order chi connectivity index (χ0) is 14.0. The Morgan fingerprint density at radius 3 is 2.26 bits per heavy atom. The molecule has 1 atom stereocenters. The third kappa shape index (κ3) is 2.78. The number of halogens is 1. The number of benzene rings is 1. The molecule has 102 valence electrons. The van der Waals surface area contributed by atoms with Gasteiger partial charge < -0.3 is 13.9 Å². The van der Waals surface area contributed by atoms with E-state index >= 15 is 0 Å². The zero-order valence-electron chi connectivity index (χ0n) is 11.5. The van der Waals surface area contributed by atoms with Gasteiger partial charge >= 0.3 is 0 Å². The van der Waals surface area contributed by atoms with E-state index in [1.165, 1.54) is 0 Å². The molecule has 2 aromatic rings. The third-order valence-electron chi connectivity index (χ3n) is 3.05. The summed E-state index contributed by atoms with van der Waals surface area (Å²) in [6.45, 7) is 3.92. The van der Waals surface area contributed by atoms with Gasteiger partial charge in [-0.3, -0.25) is 0 Å². The lowest BCUT2D eigenvalue weighted by molar-refractivity contribution is 0.354. The molecule has 0 amide bonds. The molecule has 0 saturated heterocycles. The Balaban J connectivity index is 2.39. The van der Waals surface area contributed by atoms with Crippen molar-refractivity contribution in [3.05, 3.63) is 46.9 Å². The first-order valence-corrected chi connectivity index (χ1v) is 6.91. The lowest BCUT2D eigenvalue weighted by Gasteiger charge is -2.13. The van der Waals surface area contributed by atoms with E-state index < -0.39 is 0 Å². The molecule has 2 rings (SSSR count). The second kappa shape index (κ2) is 5.70. The molecule has 1 unspecified atom stereocenters. The van der Waals surface area contributed by atoms with Crippen LogP contribution in [0, 0.1) is 13.8 Å². The van der Waals surface area contributed by atoms with Crippen LogP contribution in [0.15, 0.2) is 28.7 Å². The molecule has 0 bridgehead atoms. The van der Waals surface area contributed by atoms with Crippen LogP contribution in [0.25, 0.3) is 0 Å². The monoisotopic (exact) mass is 324 g/mol. The number of aryl methyl sites for hydroxylation is 2. The normalized spacial score (nSPS) is 12.3.